The zero-order valence-corrected chi connectivity index (χ0v) is 25.1. The molecule has 0 aliphatic carbocycles. The van der Waals surface area contributed by atoms with Gasteiger partial charge in [-0.15, -0.1) is 9.05 Å². The summed E-state index contributed by atoms with van der Waals surface area (Å²) in [6.07, 6.45) is -0.699. The van der Waals surface area contributed by atoms with E-state index in [1.54, 1.807) is 0 Å². The van der Waals surface area contributed by atoms with Crippen LogP contribution in [0.25, 0.3) is 0 Å². The standard InChI is InChI=1S/C12H18NO5P.C7H17O3P.C2H6O3P/c1-12(2,9-19(15,16)17)13-11(14)18-8-10-6-4-3-5-7-10;1-7(2,3)6-11(8,9-4)10-5;1-4-6(3)5-2/h3-7H,8-9H2,1-2H3,(H,13,14)(H2,15,16,17);6H2,1-5H3;1-2H3/q;;+1. The van der Waals surface area contributed by atoms with Crippen molar-refractivity contribution in [2.24, 2.45) is 5.41 Å². The number of nitrogens with one attached hydrogen (secondary N) is 1. The highest BCUT2D eigenvalue weighted by Gasteiger charge is 2.30. The Hall–Kier alpha value is -1.19. The second-order valence-electron chi connectivity index (χ2n) is 9.18. The summed E-state index contributed by atoms with van der Waals surface area (Å²) in [5.74, 6) is 0. The van der Waals surface area contributed by atoms with Gasteiger partial charge in [-0.1, -0.05) is 51.1 Å². The maximum Gasteiger partial charge on any atom is 0.696 e. The van der Waals surface area contributed by atoms with E-state index < -0.39 is 41.2 Å². The summed E-state index contributed by atoms with van der Waals surface area (Å²) in [5, 5.41) is 2.43. The predicted octanol–water partition coefficient (Wildman–Crippen LogP) is 5.32. The fraction of sp³-hybridized carbons (Fsp3) is 0.667. The first-order chi connectivity index (χ1) is 16.3. The van der Waals surface area contributed by atoms with Gasteiger partial charge in [-0.3, -0.25) is 9.13 Å². The van der Waals surface area contributed by atoms with Crippen molar-refractivity contribution in [1.82, 2.24) is 5.32 Å². The summed E-state index contributed by atoms with van der Waals surface area (Å²) >= 11 is 0. The van der Waals surface area contributed by atoms with Gasteiger partial charge in [-0.2, -0.15) is 0 Å². The zero-order valence-electron chi connectivity index (χ0n) is 22.4. The molecule has 0 atom stereocenters. The van der Waals surface area contributed by atoms with Crippen LogP contribution < -0.4 is 5.32 Å². The summed E-state index contributed by atoms with van der Waals surface area (Å²) < 4.78 is 55.3. The second-order valence-corrected chi connectivity index (χ2v) is 14.3. The van der Waals surface area contributed by atoms with Crippen molar-refractivity contribution in [1.29, 1.82) is 0 Å². The summed E-state index contributed by atoms with van der Waals surface area (Å²) in [5.41, 5.74) is -0.223. The van der Waals surface area contributed by atoms with Gasteiger partial charge >= 0.3 is 29.5 Å². The van der Waals surface area contributed by atoms with Gasteiger partial charge in [-0.05, 0) is 24.8 Å². The third-order valence-electron chi connectivity index (χ3n) is 3.78. The molecule has 0 fully saturated rings. The Balaban J connectivity index is 0. The van der Waals surface area contributed by atoms with Gasteiger partial charge in [0.1, 0.15) is 6.61 Å². The molecule has 0 bridgehead atoms. The monoisotopic (exact) mass is 576 g/mol. The van der Waals surface area contributed by atoms with Crippen LogP contribution >= 0.6 is 23.4 Å². The number of alkyl carbamates (subject to hydrolysis) is 1. The van der Waals surface area contributed by atoms with Gasteiger partial charge in [0.05, 0.1) is 26.5 Å². The Morgan fingerprint density at radius 2 is 1.39 bits per heavy atom. The Morgan fingerprint density at radius 1 is 0.917 bits per heavy atom. The van der Waals surface area contributed by atoms with Crippen molar-refractivity contribution >= 4 is 29.5 Å². The highest BCUT2D eigenvalue weighted by molar-refractivity contribution is 7.53. The average Bonchev–Trinajstić information content (AvgIpc) is 2.75. The number of amides is 1. The molecule has 210 valence electrons. The molecule has 3 N–H and O–H groups in total. The van der Waals surface area contributed by atoms with E-state index in [2.05, 4.69) is 14.4 Å². The van der Waals surface area contributed by atoms with E-state index in [9.17, 15) is 18.5 Å². The molecule has 0 saturated heterocycles. The summed E-state index contributed by atoms with van der Waals surface area (Å²) in [7, 11) is -3.35. The van der Waals surface area contributed by atoms with Crippen LogP contribution in [0.15, 0.2) is 30.3 Å². The van der Waals surface area contributed by atoms with E-state index in [4.69, 9.17) is 23.6 Å². The van der Waals surface area contributed by atoms with Gasteiger partial charge in [0.25, 0.3) is 0 Å². The quantitative estimate of drug-likeness (QED) is 0.308. The van der Waals surface area contributed by atoms with Crippen LogP contribution in [0.4, 0.5) is 4.79 Å². The topological polar surface area (TPSA) is 167 Å². The number of hydrogen-bond acceptors (Lipinski definition) is 9. The Morgan fingerprint density at radius 3 is 1.69 bits per heavy atom. The molecule has 0 unspecified atom stereocenters. The van der Waals surface area contributed by atoms with Gasteiger partial charge in [0.15, 0.2) is 0 Å². The molecule has 1 aromatic carbocycles. The van der Waals surface area contributed by atoms with Crippen molar-refractivity contribution in [3.05, 3.63) is 35.9 Å². The highest BCUT2D eigenvalue weighted by atomic mass is 31.2. The van der Waals surface area contributed by atoms with Gasteiger partial charge in [0, 0.05) is 24.3 Å². The first-order valence-electron chi connectivity index (χ1n) is 10.6. The summed E-state index contributed by atoms with van der Waals surface area (Å²) in [6, 6.07) is 9.14. The molecule has 1 rings (SSSR count). The first-order valence-corrected chi connectivity index (χ1v) is 15.2. The lowest BCUT2D eigenvalue weighted by molar-refractivity contribution is 0.131. The fourth-order valence-electron chi connectivity index (χ4n) is 2.45. The third-order valence-corrected chi connectivity index (χ3v) is 8.02. The number of ether oxygens (including phenoxy) is 1. The normalized spacial score (nSPS) is 11.9. The third kappa shape index (κ3) is 22.0. The van der Waals surface area contributed by atoms with Gasteiger partial charge in [-0.25, -0.2) is 4.79 Å². The van der Waals surface area contributed by atoms with E-state index in [1.165, 1.54) is 42.3 Å². The highest BCUT2D eigenvalue weighted by Crippen LogP contribution is 2.50. The van der Waals surface area contributed by atoms with E-state index in [0.717, 1.165) is 5.56 Å². The maximum absolute atomic E-state index is 11.5. The first kappa shape index (κ1) is 37.0. The average molecular weight is 576 g/mol. The molecule has 36 heavy (non-hydrogen) atoms. The molecule has 0 aliphatic rings. The lowest BCUT2D eigenvalue weighted by atomic mass is 10.0. The Bertz CT molecular complexity index is 854. The van der Waals surface area contributed by atoms with E-state index in [-0.39, 0.29) is 12.0 Å². The number of carbonyl (C=O) groups is 1. The summed E-state index contributed by atoms with van der Waals surface area (Å²) in [4.78, 5) is 29.3. The number of hydrogen-bond donors (Lipinski definition) is 3. The minimum atomic E-state index is -4.19. The van der Waals surface area contributed by atoms with Gasteiger partial charge < -0.3 is 28.9 Å². The molecule has 0 aliphatic heterocycles. The molecule has 12 nitrogen and oxygen atoms in total. The van der Waals surface area contributed by atoms with Crippen molar-refractivity contribution in [2.45, 2.75) is 46.8 Å². The SMILES string of the molecule is CC(C)(CP(=O)(O)O)NC(=O)OCc1ccccc1.COP(=O)(CC(C)(C)C)OC.CO[P+](=O)OC. The number of carbonyl (C=O) groups excluding carboxylic acids is 1. The van der Waals surface area contributed by atoms with Gasteiger partial charge in [0.2, 0.25) is 0 Å². The lowest BCUT2D eigenvalue weighted by Gasteiger charge is -2.25. The van der Waals surface area contributed by atoms with Crippen molar-refractivity contribution in [3.63, 3.8) is 0 Å². The summed E-state index contributed by atoms with van der Waals surface area (Å²) in [6.45, 7) is 9.15. The molecule has 1 amide bonds. The Labute approximate surface area is 215 Å². The van der Waals surface area contributed by atoms with Crippen molar-refractivity contribution in [2.75, 3.05) is 40.8 Å². The molecule has 15 heteroatoms. The molecular weight excluding hydrogens is 535 g/mol. The molecule has 1 aromatic rings. The maximum atomic E-state index is 11.5. The smallest absolute Gasteiger partial charge is 0.445 e. The molecule has 0 spiro atoms. The molecule has 0 aromatic heterocycles. The van der Waals surface area contributed by atoms with E-state index in [1.807, 2.05) is 51.1 Å². The zero-order chi connectivity index (χ0) is 28.6. The molecule has 0 radical (unpaired) electrons. The van der Waals surface area contributed by atoms with Crippen LogP contribution in [0.1, 0.15) is 40.2 Å². The van der Waals surface area contributed by atoms with Crippen molar-refractivity contribution < 1.29 is 51.1 Å². The van der Waals surface area contributed by atoms with Crippen molar-refractivity contribution in [3.8, 4) is 0 Å². The molecular formula is C21H41NO11P3+. The predicted molar refractivity (Wildman–Crippen MR) is 138 cm³/mol. The minimum absolute atomic E-state index is 0.0262. The second kappa shape index (κ2) is 17.3. The van der Waals surface area contributed by atoms with Crippen LogP contribution in [0.5, 0.6) is 0 Å². The van der Waals surface area contributed by atoms with Crippen LogP contribution in [0.3, 0.4) is 0 Å². The number of benzene rings is 1. The van der Waals surface area contributed by atoms with Crippen LogP contribution in [0, 0.1) is 5.41 Å². The molecule has 0 saturated carbocycles. The van der Waals surface area contributed by atoms with E-state index in [0.29, 0.717) is 6.16 Å². The Kier molecular flexibility index (Phi) is 17.8. The lowest BCUT2D eigenvalue weighted by Crippen LogP contribution is -2.46. The minimum Gasteiger partial charge on any atom is -0.445 e. The largest absolute Gasteiger partial charge is 0.696 e. The fourth-order valence-corrected chi connectivity index (χ4v) is 5.28. The molecule has 0 heterocycles. The van der Waals surface area contributed by atoms with E-state index >= 15 is 0 Å². The van der Waals surface area contributed by atoms with Crippen LogP contribution in [-0.2, 0) is 43.1 Å². The van der Waals surface area contributed by atoms with Crippen LogP contribution in [-0.4, -0.2) is 62.2 Å². The van der Waals surface area contributed by atoms with Crippen LogP contribution in [0.2, 0.25) is 0 Å². The number of rotatable bonds is 10.